The van der Waals surface area contributed by atoms with Gasteiger partial charge in [-0.05, 0) is 36.4 Å². The number of carbonyl (C=O) groups is 1. The molecule has 21 heavy (non-hydrogen) atoms. The van der Waals surface area contributed by atoms with Crippen molar-refractivity contribution in [2.24, 2.45) is 0 Å². The first-order valence-corrected chi connectivity index (χ1v) is 5.81. The van der Waals surface area contributed by atoms with Crippen molar-refractivity contribution in [3.05, 3.63) is 59.4 Å². The van der Waals surface area contributed by atoms with Gasteiger partial charge in [0.05, 0.1) is 11.1 Å². The number of hydrogen-bond acceptors (Lipinski definition) is 2. The van der Waals surface area contributed by atoms with Crippen molar-refractivity contribution in [2.45, 2.75) is 6.18 Å². The van der Waals surface area contributed by atoms with Crippen LogP contribution in [-0.4, -0.2) is 5.91 Å². The normalized spacial score (nSPS) is 11.2. The molecule has 2 rings (SSSR count). The second kappa shape index (κ2) is 5.43. The van der Waals surface area contributed by atoms with E-state index in [-0.39, 0.29) is 5.69 Å². The molecule has 2 aromatic carbocycles. The third-order valence-corrected chi connectivity index (χ3v) is 2.68. The highest BCUT2D eigenvalue weighted by atomic mass is 19.4. The molecule has 0 saturated heterocycles. The molecule has 0 aromatic heterocycles. The van der Waals surface area contributed by atoms with Gasteiger partial charge in [-0.25, -0.2) is 4.39 Å². The summed E-state index contributed by atoms with van der Waals surface area (Å²) in [4.78, 5) is 11.9. The molecular weight excluding hydrogens is 288 g/mol. The summed E-state index contributed by atoms with van der Waals surface area (Å²) in [5, 5.41) is 2.29. The van der Waals surface area contributed by atoms with Gasteiger partial charge in [-0.15, -0.1) is 0 Å². The Labute approximate surface area is 117 Å². The zero-order valence-electron chi connectivity index (χ0n) is 10.5. The lowest BCUT2D eigenvalue weighted by Crippen LogP contribution is -2.16. The summed E-state index contributed by atoms with van der Waals surface area (Å²) in [7, 11) is 0. The minimum Gasteiger partial charge on any atom is -0.399 e. The first-order chi connectivity index (χ1) is 9.77. The number of halogens is 4. The van der Waals surface area contributed by atoms with Crippen molar-refractivity contribution in [3.63, 3.8) is 0 Å². The number of rotatable bonds is 2. The Morgan fingerprint density at radius 1 is 1.10 bits per heavy atom. The van der Waals surface area contributed by atoms with Crippen LogP contribution in [0.4, 0.5) is 28.9 Å². The van der Waals surface area contributed by atoms with Crippen LogP contribution in [0.3, 0.4) is 0 Å². The predicted octanol–water partition coefficient (Wildman–Crippen LogP) is 3.68. The third-order valence-electron chi connectivity index (χ3n) is 2.68. The Morgan fingerprint density at radius 2 is 1.81 bits per heavy atom. The summed E-state index contributed by atoms with van der Waals surface area (Å²) in [6, 6.07) is 7.66. The van der Waals surface area contributed by atoms with E-state index in [1.807, 2.05) is 0 Å². The lowest BCUT2D eigenvalue weighted by atomic mass is 10.1. The van der Waals surface area contributed by atoms with E-state index in [1.165, 1.54) is 12.1 Å². The maximum atomic E-state index is 13.5. The Kier molecular flexibility index (Phi) is 3.84. The number of hydrogen-bond donors (Lipinski definition) is 2. The van der Waals surface area contributed by atoms with Crippen molar-refractivity contribution >= 4 is 17.3 Å². The lowest BCUT2D eigenvalue weighted by Gasteiger charge is -2.10. The highest BCUT2D eigenvalue weighted by Gasteiger charge is 2.31. The number of amides is 1. The molecule has 110 valence electrons. The van der Waals surface area contributed by atoms with E-state index in [2.05, 4.69) is 5.32 Å². The average Bonchev–Trinajstić information content (AvgIpc) is 2.37. The van der Waals surface area contributed by atoms with Crippen LogP contribution < -0.4 is 11.1 Å². The van der Waals surface area contributed by atoms with Crippen LogP contribution >= 0.6 is 0 Å². The van der Waals surface area contributed by atoms with Crippen LogP contribution in [-0.2, 0) is 6.18 Å². The van der Waals surface area contributed by atoms with E-state index in [0.29, 0.717) is 23.9 Å². The Balaban J connectivity index is 2.31. The maximum Gasteiger partial charge on any atom is 0.416 e. The highest BCUT2D eigenvalue weighted by Crippen LogP contribution is 2.30. The van der Waals surface area contributed by atoms with Gasteiger partial charge >= 0.3 is 6.18 Å². The highest BCUT2D eigenvalue weighted by molar-refractivity contribution is 6.04. The van der Waals surface area contributed by atoms with Gasteiger partial charge in [-0.1, -0.05) is 6.07 Å². The summed E-state index contributed by atoms with van der Waals surface area (Å²) in [5.74, 6) is -2.02. The second-order valence-electron chi connectivity index (χ2n) is 4.27. The zero-order valence-corrected chi connectivity index (χ0v) is 10.5. The molecule has 2 aromatic rings. The zero-order chi connectivity index (χ0) is 15.6. The van der Waals surface area contributed by atoms with E-state index in [4.69, 9.17) is 5.73 Å². The van der Waals surface area contributed by atoms with Crippen LogP contribution in [0.25, 0.3) is 0 Å². The van der Waals surface area contributed by atoms with Gasteiger partial charge in [0, 0.05) is 11.4 Å². The van der Waals surface area contributed by atoms with Crippen LogP contribution in [0.2, 0.25) is 0 Å². The first kappa shape index (κ1) is 14.8. The third kappa shape index (κ3) is 3.50. The van der Waals surface area contributed by atoms with Gasteiger partial charge in [0.25, 0.3) is 5.91 Å². The van der Waals surface area contributed by atoms with Crippen molar-refractivity contribution in [3.8, 4) is 0 Å². The van der Waals surface area contributed by atoms with E-state index in [9.17, 15) is 22.4 Å². The molecule has 0 unspecified atom stereocenters. The minimum atomic E-state index is -4.65. The van der Waals surface area contributed by atoms with Crippen LogP contribution in [0.5, 0.6) is 0 Å². The molecule has 0 bridgehead atoms. The van der Waals surface area contributed by atoms with Crippen molar-refractivity contribution < 1.29 is 22.4 Å². The SMILES string of the molecule is Nc1cccc(NC(=O)c2cc(C(F)(F)F)ccc2F)c1. The fourth-order valence-electron chi connectivity index (χ4n) is 1.69. The Morgan fingerprint density at radius 3 is 2.43 bits per heavy atom. The quantitative estimate of drug-likeness (QED) is 0.656. The number of nitrogens with two attached hydrogens (primary N) is 1. The van der Waals surface area contributed by atoms with Gasteiger partial charge in [0.2, 0.25) is 0 Å². The first-order valence-electron chi connectivity index (χ1n) is 5.81. The number of carbonyl (C=O) groups excluding carboxylic acids is 1. The molecule has 7 heteroatoms. The molecule has 0 heterocycles. The fourth-order valence-corrected chi connectivity index (χ4v) is 1.69. The van der Waals surface area contributed by atoms with E-state index in [1.54, 1.807) is 12.1 Å². The van der Waals surface area contributed by atoms with Gasteiger partial charge < -0.3 is 11.1 Å². The van der Waals surface area contributed by atoms with Gasteiger partial charge in [0.15, 0.2) is 0 Å². The maximum absolute atomic E-state index is 13.5. The number of nitrogen functional groups attached to an aromatic ring is 1. The average molecular weight is 298 g/mol. The molecule has 0 spiro atoms. The molecular formula is C14H10F4N2O. The summed E-state index contributed by atoms with van der Waals surface area (Å²) in [6.07, 6.45) is -4.65. The fraction of sp³-hybridized carbons (Fsp3) is 0.0714. The van der Waals surface area contributed by atoms with Crippen LogP contribution in [0, 0.1) is 5.82 Å². The molecule has 3 N–H and O–H groups in total. The van der Waals surface area contributed by atoms with Gasteiger partial charge in [-0.3, -0.25) is 4.79 Å². The molecule has 0 radical (unpaired) electrons. The number of nitrogens with one attached hydrogen (secondary N) is 1. The molecule has 3 nitrogen and oxygen atoms in total. The minimum absolute atomic E-state index is 0.261. The van der Waals surface area contributed by atoms with Crippen LogP contribution in [0.15, 0.2) is 42.5 Å². The molecule has 1 amide bonds. The lowest BCUT2D eigenvalue weighted by molar-refractivity contribution is -0.137. The van der Waals surface area contributed by atoms with Crippen molar-refractivity contribution in [1.29, 1.82) is 0 Å². The molecule has 0 atom stereocenters. The number of alkyl halides is 3. The second-order valence-corrected chi connectivity index (χ2v) is 4.27. The smallest absolute Gasteiger partial charge is 0.399 e. The number of anilines is 2. The van der Waals surface area contributed by atoms with Crippen molar-refractivity contribution in [2.75, 3.05) is 11.1 Å². The molecule has 0 saturated carbocycles. The summed E-state index contributed by atoms with van der Waals surface area (Å²) >= 11 is 0. The summed E-state index contributed by atoms with van der Waals surface area (Å²) in [5.41, 5.74) is 4.35. The molecule has 0 aliphatic heterocycles. The van der Waals surface area contributed by atoms with Crippen molar-refractivity contribution in [1.82, 2.24) is 0 Å². The topological polar surface area (TPSA) is 55.1 Å². The predicted molar refractivity (Wildman–Crippen MR) is 70.2 cm³/mol. The Bertz CT molecular complexity index is 683. The largest absolute Gasteiger partial charge is 0.416 e. The molecule has 0 fully saturated rings. The van der Waals surface area contributed by atoms with E-state index in [0.717, 1.165) is 0 Å². The number of benzene rings is 2. The molecule has 0 aliphatic rings. The molecule has 0 aliphatic carbocycles. The van der Waals surface area contributed by atoms with Crippen LogP contribution in [0.1, 0.15) is 15.9 Å². The monoisotopic (exact) mass is 298 g/mol. The standard InChI is InChI=1S/C14H10F4N2O/c15-12-5-4-8(14(16,17)18)6-11(12)13(21)20-10-3-1-2-9(19)7-10/h1-7H,19H2,(H,20,21). The van der Waals surface area contributed by atoms with Gasteiger partial charge in [-0.2, -0.15) is 13.2 Å². The van der Waals surface area contributed by atoms with E-state index >= 15 is 0 Å². The van der Waals surface area contributed by atoms with Gasteiger partial charge in [0.1, 0.15) is 5.82 Å². The Hall–Kier alpha value is -2.57. The van der Waals surface area contributed by atoms with E-state index < -0.39 is 29.0 Å². The summed E-state index contributed by atoms with van der Waals surface area (Å²) in [6.45, 7) is 0. The summed E-state index contributed by atoms with van der Waals surface area (Å²) < 4.78 is 51.3.